The highest BCUT2D eigenvalue weighted by molar-refractivity contribution is 5.89. The number of benzene rings is 1. The second-order valence-corrected chi connectivity index (χ2v) is 3.68. The van der Waals surface area contributed by atoms with E-state index in [1.54, 1.807) is 29.9 Å². The molecule has 6 nitrogen and oxygen atoms in total. The molecule has 0 saturated heterocycles. The number of hydrogen-bond donors (Lipinski definition) is 0. The zero-order chi connectivity index (χ0) is 13.8. The molecule has 1 aromatic carbocycles. The molecule has 6 heteroatoms. The second kappa shape index (κ2) is 5.31. The Bertz CT molecular complexity index is 654. The number of rotatable bonds is 3. The van der Waals surface area contributed by atoms with Gasteiger partial charge >= 0.3 is 6.16 Å². The van der Waals surface area contributed by atoms with Gasteiger partial charge in [-0.05, 0) is 12.1 Å². The van der Waals surface area contributed by atoms with Gasteiger partial charge in [-0.15, -0.1) is 0 Å². The van der Waals surface area contributed by atoms with E-state index in [0.717, 1.165) is 10.9 Å². The van der Waals surface area contributed by atoms with Crippen LogP contribution in [0.25, 0.3) is 10.9 Å². The van der Waals surface area contributed by atoms with Crippen LogP contribution in [0.1, 0.15) is 0 Å². The summed E-state index contributed by atoms with van der Waals surface area (Å²) in [5.74, 6) is 0.886. The van der Waals surface area contributed by atoms with E-state index in [2.05, 4.69) is 4.74 Å². The molecule has 1 aromatic heterocycles. The van der Waals surface area contributed by atoms with Crippen molar-refractivity contribution in [3.63, 3.8) is 0 Å². The van der Waals surface area contributed by atoms with Gasteiger partial charge in [-0.2, -0.15) is 5.26 Å². The van der Waals surface area contributed by atoms with E-state index in [4.69, 9.17) is 14.7 Å². The van der Waals surface area contributed by atoms with Crippen LogP contribution in [0.15, 0.2) is 24.3 Å². The molecule has 19 heavy (non-hydrogen) atoms. The third-order valence-electron chi connectivity index (χ3n) is 2.67. The summed E-state index contributed by atoms with van der Waals surface area (Å²) in [5, 5.41) is 9.63. The smallest absolute Gasteiger partial charge is 0.496 e. The first kappa shape index (κ1) is 12.8. The molecule has 0 aliphatic rings. The zero-order valence-corrected chi connectivity index (χ0v) is 10.5. The molecule has 98 valence electrons. The summed E-state index contributed by atoms with van der Waals surface area (Å²) >= 11 is 0. The number of nitriles is 1. The Morgan fingerprint density at radius 3 is 2.84 bits per heavy atom. The molecule has 0 unspecified atom stereocenters. The minimum Gasteiger partial charge on any atom is -0.496 e. The molecule has 0 bridgehead atoms. The maximum atomic E-state index is 11.2. The predicted molar refractivity (Wildman–Crippen MR) is 67.1 cm³/mol. The van der Waals surface area contributed by atoms with Crippen molar-refractivity contribution in [1.82, 2.24) is 4.57 Å². The number of fused-ring (bicyclic) bond motifs is 1. The van der Waals surface area contributed by atoms with E-state index in [-0.39, 0.29) is 12.4 Å². The first-order valence-corrected chi connectivity index (χ1v) is 5.50. The van der Waals surface area contributed by atoms with E-state index in [9.17, 15) is 4.79 Å². The highest BCUT2D eigenvalue weighted by Crippen LogP contribution is 2.32. The highest BCUT2D eigenvalue weighted by atomic mass is 16.7. The van der Waals surface area contributed by atoms with Crippen LogP contribution in [0.2, 0.25) is 0 Å². The standard InChI is InChI=1S/C13H12N2O4/c1-17-11-5-3-4-10-9(11)8-12(15(10)7-6-14)19-13(16)18-2/h3-5,8H,7H2,1-2H3. The Balaban J connectivity index is 2.59. The molecule has 1 heterocycles. The van der Waals surface area contributed by atoms with Crippen molar-refractivity contribution in [3.8, 4) is 17.7 Å². The summed E-state index contributed by atoms with van der Waals surface area (Å²) in [5.41, 5.74) is 0.750. The molecular formula is C13H12N2O4. The van der Waals surface area contributed by atoms with Crippen molar-refractivity contribution in [3.05, 3.63) is 24.3 Å². The van der Waals surface area contributed by atoms with Crippen LogP contribution >= 0.6 is 0 Å². The first-order valence-electron chi connectivity index (χ1n) is 5.50. The lowest BCUT2D eigenvalue weighted by Crippen LogP contribution is -2.10. The van der Waals surface area contributed by atoms with Gasteiger partial charge in [0, 0.05) is 11.5 Å². The number of hydrogen-bond acceptors (Lipinski definition) is 5. The molecule has 0 aliphatic carbocycles. The Labute approximate surface area is 109 Å². The van der Waals surface area contributed by atoms with Crippen LogP contribution in [-0.4, -0.2) is 24.9 Å². The lowest BCUT2D eigenvalue weighted by Gasteiger charge is -2.06. The van der Waals surface area contributed by atoms with Crippen molar-refractivity contribution in [2.75, 3.05) is 14.2 Å². The molecule has 0 amide bonds. The van der Waals surface area contributed by atoms with Gasteiger partial charge in [-0.25, -0.2) is 4.79 Å². The van der Waals surface area contributed by atoms with Crippen molar-refractivity contribution in [1.29, 1.82) is 5.26 Å². The summed E-state index contributed by atoms with van der Waals surface area (Å²) in [6.45, 7) is 0.0585. The Kier molecular flexibility index (Phi) is 3.57. The molecule has 0 atom stereocenters. The maximum absolute atomic E-state index is 11.2. The average molecular weight is 260 g/mol. The third kappa shape index (κ3) is 2.31. The number of carbonyl (C=O) groups excluding carboxylic acids is 1. The Morgan fingerprint density at radius 2 is 2.21 bits per heavy atom. The fourth-order valence-electron chi connectivity index (χ4n) is 1.86. The highest BCUT2D eigenvalue weighted by Gasteiger charge is 2.15. The summed E-state index contributed by atoms with van der Waals surface area (Å²) < 4.78 is 16.3. The number of aromatic nitrogens is 1. The van der Waals surface area contributed by atoms with Gasteiger partial charge in [0.15, 0.2) is 0 Å². The van der Waals surface area contributed by atoms with E-state index in [0.29, 0.717) is 5.75 Å². The van der Waals surface area contributed by atoms with E-state index < -0.39 is 6.16 Å². The fourth-order valence-corrected chi connectivity index (χ4v) is 1.86. The number of nitrogens with zero attached hydrogens (tertiary/aromatic N) is 2. The van der Waals surface area contributed by atoms with Crippen LogP contribution in [0.4, 0.5) is 4.79 Å². The number of methoxy groups -OCH3 is 2. The molecule has 2 aromatic rings. The third-order valence-corrected chi connectivity index (χ3v) is 2.67. The van der Waals surface area contributed by atoms with Gasteiger partial charge in [0.1, 0.15) is 12.3 Å². The first-order chi connectivity index (χ1) is 9.21. The maximum Gasteiger partial charge on any atom is 0.514 e. The normalized spacial score (nSPS) is 9.95. The lowest BCUT2D eigenvalue weighted by atomic mass is 10.2. The monoisotopic (exact) mass is 260 g/mol. The van der Waals surface area contributed by atoms with Crippen LogP contribution < -0.4 is 9.47 Å². The minimum absolute atomic E-state index is 0.0585. The largest absolute Gasteiger partial charge is 0.514 e. The minimum atomic E-state index is -0.832. The van der Waals surface area contributed by atoms with Gasteiger partial charge in [-0.1, -0.05) is 6.07 Å². The zero-order valence-electron chi connectivity index (χ0n) is 10.5. The van der Waals surface area contributed by atoms with Crippen molar-refractivity contribution < 1.29 is 19.0 Å². The van der Waals surface area contributed by atoms with E-state index in [1.807, 2.05) is 12.1 Å². The average Bonchev–Trinajstić information content (AvgIpc) is 2.77. The molecule has 0 spiro atoms. The van der Waals surface area contributed by atoms with Crippen molar-refractivity contribution in [2.24, 2.45) is 0 Å². The predicted octanol–water partition coefficient (Wildman–Crippen LogP) is 2.32. The Hall–Kier alpha value is -2.68. The number of ether oxygens (including phenoxy) is 3. The number of carbonyl (C=O) groups is 1. The van der Waals surface area contributed by atoms with Crippen molar-refractivity contribution in [2.45, 2.75) is 6.54 Å². The fraction of sp³-hybridized carbons (Fsp3) is 0.231. The van der Waals surface area contributed by atoms with Gasteiger partial charge in [-0.3, -0.25) is 4.57 Å². The molecule has 0 radical (unpaired) electrons. The van der Waals surface area contributed by atoms with Crippen LogP contribution in [0.5, 0.6) is 11.6 Å². The molecule has 0 aliphatic heterocycles. The summed E-state index contributed by atoms with van der Waals surface area (Å²) in [4.78, 5) is 11.2. The molecular weight excluding hydrogens is 248 g/mol. The van der Waals surface area contributed by atoms with Crippen LogP contribution in [0, 0.1) is 11.3 Å². The molecule has 2 rings (SSSR count). The van der Waals surface area contributed by atoms with Gasteiger partial charge in [0.2, 0.25) is 5.88 Å². The topological polar surface area (TPSA) is 73.5 Å². The van der Waals surface area contributed by atoms with E-state index in [1.165, 1.54) is 7.11 Å². The second-order valence-electron chi connectivity index (χ2n) is 3.68. The summed E-state index contributed by atoms with van der Waals surface area (Å²) in [6.07, 6.45) is -0.832. The molecule has 0 fully saturated rings. The lowest BCUT2D eigenvalue weighted by molar-refractivity contribution is 0.118. The quantitative estimate of drug-likeness (QED) is 0.792. The van der Waals surface area contributed by atoms with Gasteiger partial charge in [0.05, 0.1) is 25.8 Å². The summed E-state index contributed by atoms with van der Waals surface area (Å²) in [6, 6.07) is 9.08. The summed E-state index contributed by atoms with van der Waals surface area (Å²) in [7, 11) is 2.78. The SMILES string of the molecule is COC(=O)Oc1cc2c(OC)cccc2n1CC#N. The van der Waals surface area contributed by atoms with Crippen LogP contribution in [-0.2, 0) is 11.3 Å². The van der Waals surface area contributed by atoms with Gasteiger partial charge in [0.25, 0.3) is 0 Å². The molecule has 0 N–H and O–H groups in total. The van der Waals surface area contributed by atoms with Crippen LogP contribution in [0.3, 0.4) is 0 Å². The Morgan fingerprint density at radius 1 is 1.42 bits per heavy atom. The molecule has 0 saturated carbocycles. The van der Waals surface area contributed by atoms with Crippen molar-refractivity contribution >= 4 is 17.1 Å². The van der Waals surface area contributed by atoms with E-state index >= 15 is 0 Å². The van der Waals surface area contributed by atoms with Gasteiger partial charge < -0.3 is 14.2 Å².